The number of aliphatic carboxylic acids is 1. The number of rotatable bonds is 4. The van der Waals surface area contributed by atoms with E-state index in [2.05, 4.69) is 9.72 Å². The summed E-state index contributed by atoms with van der Waals surface area (Å²) in [6, 6.07) is 5.98. The highest BCUT2D eigenvalue weighted by Crippen LogP contribution is 2.28. The summed E-state index contributed by atoms with van der Waals surface area (Å²) in [5.41, 5.74) is 0.216. The van der Waals surface area contributed by atoms with Crippen molar-refractivity contribution in [2.75, 3.05) is 0 Å². The number of carboxylic acid groups (broad SMARTS) is 1. The van der Waals surface area contributed by atoms with Gasteiger partial charge in [0.05, 0.1) is 12.1 Å². The van der Waals surface area contributed by atoms with E-state index in [1.54, 1.807) is 0 Å². The van der Waals surface area contributed by atoms with Gasteiger partial charge in [0.1, 0.15) is 11.6 Å². The molecule has 1 aromatic heterocycles. The zero-order valence-electron chi connectivity index (χ0n) is 10.9. The Kier molecular flexibility index (Phi) is 4.30. The first kappa shape index (κ1) is 15.7. The number of alkyl halides is 3. The van der Waals surface area contributed by atoms with Crippen molar-refractivity contribution in [2.45, 2.75) is 12.8 Å². The summed E-state index contributed by atoms with van der Waals surface area (Å²) in [7, 11) is 0. The van der Waals surface area contributed by atoms with Gasteiger partial charge in [-0.05, 0) is 23.8 Å². The van der Waals surface area contributed by atoms with Crippen molar-refractivity contribution in [2.24, 2.45) is 0 Å². The van der Waals surface area contributed by atoms with E-state index in [1.807, 2.05) is 0 Å². The van der Waals surface area contributed by atoms with Crippen LogP contribution in [0.25, 0.3) is 11.1 Å². The molecular formula is C14H9F4NO3. The lowest BCUT2D eigenvalue weighted by Crippen LogP contribution is -2.17. The fourth-order valence-corrected chi connectivity index (χ4v) is 1.77. The van der Waals surface area contributed by atoms with E-state index >= 15 is 0 Å². The lowest BCUT2D eigenvalue weighted by Gasteiger charge is -2.10. The van der Waals surface area contributed by atoms with Crippen LogP contribution in [0.5, 0.6) is 5.75 Å². The molecule has 1 heterocycles. The minimum atomic E-state index is -4.83. The maximum Gasteiger partial charge on any atom is 0.573 e. The van der Waals surface area contributed by atoms with Crippen LogP contribution in [-0.4, -0.2) is 22.4 Å². The fraction of sp³-hybridized carbons (Fsp3) is 0.143. The van der Waals surface area contributed by atoms with Crippen LogP contribution in [0.15, 0.2) is 36.5 Å². The molecule has 8 heteroatoms. The van der Waals surface area contributed by atoms with Gasteiger partial charge in [-0.25, -0.2) is 4.39 Å². The third-order valence-electron chi connectivity index (χ3n) is 2.64. The third-order valence-corrected chi connectivity index (χ3v) is 2.64. The molecule has 1 N–H and O–H groups in total. The van der Waals surface area contributed by atoms with Gasteiger partial charge in [-0.15, -0.1) is 13.2 Å². The molecule has 0 atom stereocenters. The van der Waals surface area contributed by atoms with Gasteiger partial charge in [-0.3, -0.25) is 9.78 Å². The van der Waals surface area contributed by atoms with Gasteiger partial charge in [-0.2, -0.15) is 0 Å². The standard InChI is InChI=1S/C14H9F4NO3/c15-11-5-9(7-19-12(11)6-13(20)21)8-2-1-3-10(4-8)22-14(16,17)18/h1-5,7H,6H2,(H,20,21). The maximum atomic E-state index is 13.7. The molecule has 0 aliphatic rings. The molecule has 0 spiro atoms. The summed E-state index contributed by atoms with van der Waals surface area (Å²) in [6.07, 6.45) is -4.22. The zero-order chi connectivity index (χ0) is 16.3. The second kappa shape index (κ2) is 6.00. The normalized spacial score (nSPS) is 11.3. The molecule has 0 saturated heterocycles. The van der Waals surface area contributed by atoms with Crippen molar-refractivity contribution >= 4 is 5.97 Å². The first-order chi connectivity index (χ1) is 10.2. The molecule has 0 saturated carbocycles. The largest absolute Gasteiger partial charge is 0.573 e. The van der Waals surface area contributed by atoms with Crippen molar-refractivity contribution in [3.8, 4) is 16.9 Å². The van der Waals surface area contributed by atoms with E-state index < -0.39 is 30.3 Å². The van der Waals surface area contributed by atoms with E-state index in [0.29, 0.717) is 0 Å². The summed E-state index contributed by atoms with van der Waals surface area (Å²) in [6.45, 7) is 0. The molecule has 2 rings (SSSR count). The number of aromatic nitrogens is 1. The molecule has 1 aromatic carbocycles. The van der Waals surface area contributed by atoms with Crippen LogP contribution in [0, 0.1) is 5.82 Å². The molecule has 116 valence electrons. The van der Waals surface area contributed by atoms with E-state index in [9.17, 15) is 22.4 Å². The molecule has 0 fully saturated rings. The highest BCUT2D eigenvalue weighted by molar-refractivity contribution is 5.70. The van der Waals surface area contributed by atoms with Gasteiger partial charge < -0.3 is 9.84 Å². The summed E-state index contributed by atoms with van der Waals surface area (Å²) in [4.78, 5) is 14.2. The van der Waals surface area contributed by atoms with Crippen LogP contribution in [0.1, 0.15) is 5.69 Å². The van der Waals surface area contributed by atoms with Gasteiger partial charge in [0.15, 0.2) is 0 Å². The Balaban J connectivity index is 2.30. The lowest BCUT2D eigenvalue weighted by molar-refractivity contribution is -0.274. The van der Waals surface area contributed by atoms with Crippen molar-refractivity contribution < 1.29 is 32.2 Å². The number of nitrogens with zero attached hydrogens (tertiary/aromatic N) is 1. The maximum absolute atomic E-state index is 13.7. The number of benzene rings is 1. The van der Waals surface area contributed by atoms with E-state index in [0.717, 1.165) is 18.2 Å². The SMILES string of the molecule is O=C(O)Cc1ncc(-c2cccc(OC(F)(F)F)c2)cc1F. The van der Waals surface area contributed by atoms with E-state index in [1.165, 1.54) is 18.3 Å². The topological polar surface area (TPSA) is 59.4 Å². The number of carbonyl (C=O) groups is 1. The minimum Gasteiger partial charge on any atom is -0.481 e. The van der Waals surface area contributed by atoms with Crippen molar-refractivity contribution in [3.05, 3.63) is 48.0 Å². The van der Waals surface area contributed by atoms with E-state index in [-0.39, 0.29) is 16.8 Å². The van der Waals surface area contributed by atoms with Gasteiger partial charge in [0, 0.05) is 11.8 Å². The molecule has 22 heavy (non-hydrogen) atoms. The molecule has 0 amide bonds. The average Bonchev–Trinajstić information content (AvgIpc) is 2.39. The van der Waals surface area contributed by atoms with Gasteiger partial charge in [-0.1, -0.05) is 12.1 Å². The smallest absolute Gasteiger partial charge is 0.481 e. The Morgan fingerprint density at radius 2 is 1.95 bits per heavy atom. The summed E-state index contributed by atoms with van der Waals surface area (Å²) in [5, 5.41) is 8.59. The van der Waals surface area contributed by atoms with Crippen molar-refractivity contribution in [3.63, 3.8) is 0 Å². The predicted octanol–water partition coefficient (Wildman–Crippen LogP) is 3.41. The third kappa shape index (κ3) is 4.18. The zero-order valence-corrected chi connectivity index (χ0v) is 10.9. The summed E-state index contributed by atoms with van der Waals surface area (Å²) >= 11 is 0. The number of ether oxygens (including phenoxy) is 1. The van der Waals surface area contributed by atoms with Crippen molar-refractivity contribution in [1.82, 2.24) is 4.98 Å². The molecule has 2 aromatic rings. The van der Waals surface area contributed by atoms with Crippen LogP contribution in [-0.2, 0) is 11.2 Å². The van der Waals surface area contributed by atoms with Crippen LogP contribution in [0.2, 0.25) is 0 Å². The van der Waals surface area contributed by atoms with E-state index in [4.69, 9.17) is 5.11 Å². The van der Waals surface area contributed by atoms with Crippen LogP contribution < -0.4 is 4.74 Å². The summed E-state index contributed by atoms with van der Waals surface area (Å²) < 4.78 is 54.0. The number of halogens is 4. The van der Waals surface area contributed by atoms with Crippen LogP contribution in [0.4, 0.5) is 17.6 Å². The number of carboxylic acids is 1. The number of hydrogen-bond acceptors (Lipinski definition) is 3. The molecule has 4 nitrogen and oxygen atoms in total. The van der Waals surface area contributed by atoms with Crippen molar-refractivity contribution in [1.29, 1.82) is 0 Å². The Bertz CT molecular complexity index is 701. The first-order valence-corrected chi connectivity index (χ1v) is 5.97. The Hall–Kier alpha value is -2.64. The quantitative estimate of drug-likeness (QED) is 0.878. The molecule has 0 radical (unpaired) electrons. The van der Waals surface area contributed by atoms with Gasteiger partial charge in [0.2, 0.25) is 0 Å². The van der Waals surface area contributed by atoms with Gasteiger partial charge >= 0.3 is 12.3 Å². The lowest BCUT2D eigenvalue weighted by atomic mass is 10.1. The molecule has 0 aliphatic carbocycles. The monoisotopic (exact) mass is 315 g/mol. The fourth-order valence-electron chi connectivity index (χ4n) is 1.77. The number of pyridine rings is 1. The minimum absolute atomic E-state index is 0.208. The van der Waals surface area contributed by atoms with Crippen LogP contribution in [0.3, 0.4) is 0 Å². The summed E-state index contributed by atoms with van der Waals surface area (Å²) in [5.74, 6) is -2.53. The molecule has 0 bridgehead atoms. The second-order valence-corrected chi connectivity index (χ2v) is 4.30. The van der Waals surface area contributed by atoms with Crippen LogP contribution >= 0.6 is 0 Å². The number of hydrogen-bond donors (Lipinski definition) is 1. The van der Waals surface area contributed by atoms with Gasteiger partial charge in [0.25, 0.3) is 0 Å². The molecule has 0 unspecified atom stereocenters. The molecular weight excluding hydrogens is 306 g/mol. The Labute approximate surface area is 122 Å². The Morgan fingerprint density at radius 3 is 2.55 bits per heavy atom. The molecule has 0 aliphatic heterocycles. The highest BCUT2D eigenvalue weighted by Gasteiger charge is 2.31. The average molecular weight is 315 g/mol. The predicted molar refractivity (Wildman–Crippen MR) is 67.7 cm³/mol. The first-order valence-electron chi connectivity index (χ1n) is 5.97. The second-order valence-electron chi connectivity index (χ2n) is 4.30. The highest BCUT2D eigenvalue weighted by atomic mass is 19.4. The Morgan fingerprint density at radius 1 is 1.23 bits per heavy atom.